The fourth-order valence-corrected chi connectivity index (χ4v) is 22.2. The standard InChI is InChI=1S/C90H99N7S6/c1-7-13-19-25-31-73-79(98-88-76(34-28-22-16-10-4)82(101-85(73)88)55-67(58-91)59-92)52-43-64-37-46-70(47-38-64)97(71-48-39-65(40-49-71)44-53-80-74(32-26-20-14-8-2)86-89(99-80)77(35-29-23-17-11-5)83(102-86)56-68(60-93)61-94)72-50-41-66(42-51-72)45-54-81-75(33-27-21-15-9-3)87-90(100-81)78(36-30-24-18-12-6)84(103-87)57-69(62-95)63-96/h37-57H,7-36H2,1-6H3/b52-43+,53-44+,54-45+. The second kappa shape index (κ2) is 41.9. The van der Waals surface area contributed by atoms with Crippen molar-refractivity contribution in [3.05, 3.63) is 169 Å². The van der Waals surface area contributed by atoms with E-state index in [4.69, 9.17) is 0 Å². The molecule has 0 spiro atoms. The van der Waals surface area contributed by atoms with Gasteiger partial charge < -0.3 is 4.90 Å². The quantitative estimate of drug-likeness (QED) is 0.0273. The van der Waals surface area contributed by atoms with Gasteiger partial charge >= 0.3 is 0 Å². The predicted molar refractivity (Wildman–Crippen MR) is 452 cm³/mol. The fraction of sp³-hybridized carbons (Fsp3) is 0.400. The summed E-state index contributed by atoms with van der Waals surface area (Å²) < 4.78 is 7.85. The third-order valence-electron chi connectivity index (χ3n) is 19.3. The maximum Gasteiger partial charge on any atom is 0.131 e. The van der Waals surface area contributed by atoms with Crippen LogP contribution in [0, 0.1) is 68.0 Å². The van der Waals surface area contributed by atoms with E-state index in [0.29, 0.717) is 0 Å². The molecule has 3 aromatic carbocycles. The molecule has 0 aliphatic carbocycles. The Kier molecular flexibility index (Phi) is 32.1. The van der Waals surface area contributed by atoms with Crippen LogP contribution in [0.1, 0.15) is 275 Å². The van der Waals surface area contributed by atoms with Crippen molar-refractivity contribution in [1.29, 1.82) is 31.6 Å². The van der Waals surface area contributed by atoms with E-state index < -0.39 is 0 Å². The van der Waals surface area contributed by atoms with E-state index in [0.717, 1.165) is 145 Å². The molecule has 9 aromatic rings. The summed E-state index contributed by atoms with van der Waals surface area (Å²) in [6.45, 7) is 13.5. The first-order chi connectivity index (χ1) is 50.6. The number of aryl methyl sites for hydroxylation is 6. The van der Waals surface area contributed by atoms with Crippen molar-refractivity contribution < 1.29 is 0 Å². The third kappa shape index (κ3) is 21.3. The highest BCUT2D eigenvalue weighted by Gasteiger charge is 2.24. The molecule has 0 amide bonds. The van der Waals surface area contributed by atoms with E-state index >= 15 is 0 Å². The Balaban J connectivity index is 1.08. The highest BCUT2D eigenvalue weighted by Crippen LogP contribution is 2.48. The lowest BCUT2D eigenvalue weighted by Crippen LogP contribution is -2.09. The second-order valence-corrected chi connectivity index (χ2v) is 33.3. The molecule has 0 N–H and O–H groups in total. The Morgan fingerprint density at radius 3 is 0.650 bits per heavy atom. The molecule has 0 aliphatic rings. The van der Waals surface area contributed by atoms with Gasteiger partial charge in [0.05, 0.1) is 0 Å². The van der Waals surface area contributed by atoms with Crippen LogP contribution in [0.25, 0.3) is 82.9 Å². The number of fused-ring (bicyclic) bond motifs is 3. The first kappa shape index (κ1) is 78.9. The Bertz CT molecular complexity index is 4200. The van der Waals surface area contributed by atoms with Crippen LogP contribution in [0.15, 0.2) is 89.5 Å². The molecule has 0 fully saturated rings. The zero-order valence-electron chi connectivity index (χ0n) is 61.4. The molecule has 530 valence electrons. The van der Waals surface area contributed by atoms with Crippen molar-refractivity contribution >= 4 is 168 Å². The van der Waals surface area contributed by atoms with Gasteiger partial charge in [0, 0.05) is 74.5 Å². The lowest BCUT2D eigenvalue weighted by molar-refractivity contribution is 0.668. The molecule has 9 rings (SSSR count). The lowest BCUT2D eigenvalue weighted by atomic mass is 10.0. The van der Waals surface area contributed by atoms with Crippen LogP contribution in [0.4, 0.5) is 17.1 Å². The zero-order valence-corrected chi connectivity index (χ0v) is 66.3. The Morgan fingerprint density at radius 1 is 0.262 bits per heavy atom. The van der Waals surface area contributed by atoms with Gasteiger partial charge in [0.2, 0.25) is 0 Å². The van der Waals surface area contributed by atoms with Crippen molar-refractivity contribution in [2.45, 2.75) is 234 Å². The molecule has 13 heteroatoms. The normalized spacial score (nSPS) is 11.4. The first-order valence-corrected chi connectivity index (χ1v) is 42.9. The molecular weight excluding hydrogens is 1370 g/mol. The minimum absolute atomic E-state index is 0.155. The van der Waals surface area contributed by atoms with Crippen molar-refractivity contribution in [3.8, 4) is 36.4 Å². The molecule has 0 aliphatic heterocycles. The first-order valence-electron chi connectivity index (χ1n) is 38.0. The van der Waals surface area contributed by atoms with Crippen LogP contribution in [0.2, 0.25) is 0 Å². The second-order valence-electron chi connectivity index (χ2n) is 27.0. The molecule has 7 nitrogen and oxygen atoms in total. The number of allylic oxidation sites excluding steroid dienone is 3. The van der Waals surface area contributed by atoms with E-state index in [2.05, 4.69) is 192 Å². The summed E-state index contributed by atoms with van der Waals surface area (Å²) in [5.74, 6) is 0. The maximum absolute atomic E-state index is 9.83. The molecule has 6 aromatic heterocycles. The molecule has 0 bridgehead atoms. The molecule has 0 unspecified atom stereocenters. The SMILES string of the molecule is CCCCCCc1c(C=C(C#N)C#N)sc2c(CCCCCC)c(/C=C/c3ccc(N(c4ccc(/C=C/c5sc6c(CCCCCC)c(C=C(C#N)C#N)sc6c5CCCCCC)cc4)c4ccc(/C=C/c5sc6c(CCCCCC)c(C=C(C#N)C#N)sc6c5CCCCCC)cc4)cc3)sc12. The van der Waals surface area contributed by atoms with Gasteiger partial charge in [-0.1, -0.05) is 212 Å². The average molecular weight is 1470 g/mol. The minimum Gasteiger partial charge on any atom is -0.311 e. The van der Waals surface area contributed by atoms with Crippen molar-refractivity contribution in [3.63, 3.8) is 0 Å². The Morgan fingerprint density at radius 2 is 0.456 bits per heavy atom. The van der Waals surface area contributed by atoms with Gasteiger partial charge in [-0.2, -0.15) is 31.6 Å². The van der Waals surface area contributed by atoms with E-state index in [1.165, 1.54) is 173 Å². The number of hydrogen-bond acceptors (Lipinski definition) is 13. The number of benzene rings is 3. The number of nitrogens with zero attached hydrogens (tertiary/aromatic N) is 7. The van der Waals surface area contributed by atoms with Gasteiger partial charge in [0.25, 0.3) is 0 Å². The summed E-state index contributed by atoms with van der Waals surface area (Å²) in [4.78, 5) is 9.39. The predicted octanol–water partition coefficient (Wildman–Crippen LogP) is 29.5. The topological polar surface area (TPSA) is 146 Å². The highest BCUT2D eigenvalue weighted by molar-refractivity contribution is 7.30. The van der Waals surface area contributed by atoms with Crippen LogP contribution < -0.4 is 4.90 Å². The number of unbranched alkanes of at least 4 members (excludes halogenated alkanes) is 18. The number of nitriles is 6. The zero-order chi connectivity index (χ0) is 72.7. The monoisotopic (exact) mass is 1470 g/mol. The molecular formula is C90H99N7S6. The molecule has 0 radical (unpaired) electrons. The van der Waals surface area contributed by atoms with Crippen molar-refractivity contribution in [1.82, 2.24) is 0 Å². The molecule has 0 saturated carbocycles. The summed E-state index contributed by atoms with van der Waals surface area (Å²) in [6.07, 6.45) is 52.9. The number of anilines is 3. The smallest absolute Gasteiger partial charge is 0.131 e. The minimum atomic E-state index is 0.155. The Hall–Kier alpha value is -8.18. The van der Waals surface area contributed by atoms with Gasteiger partial charge in [0.1, 0.15) is 53.1 Å². The summed E-state index contributed by atoms with van der Waals surface area (Å²) in [6, 6.07) is 39.6. The fourth-order valence-electron chi connectivity index (χ4n) is 13.5. The van der Waals surface area contributed by atoms with Crippen molar-refractivity contribution in [2.24, 2.45) is 0 Å². The van der Waals surface area contributed by atoms with E-state index in [9.17, 15) is 31.6 Å². The van der Waals surface area contributed by atoms with Crippen LogP contribution in [-0.2, 0) is 38.5 Å². The largest absolute Gasteiger partial charge is 0.311 e. The molecule has 0 atom stereocenters. The number of thiophene rings is 6. The van der Waals surface area contributed by atoms with E-state index in [1.54, 1.807) is 34.0 Å². The molecule has 6 heterocycles. The van der Waals surface area contributed by atoms with E-state index in [1.807, 2.05) is 52.2 Å². The van der Waals surface area contributed by atoms with Crippen LogP contribution in [-0.4, -0.2) is 0 Å². The molecule has 103 heavy (non-hydrogen) atoms. The number of hydrogen-bond donors (Lipinski definition) is 0. The average Bonchev–Trinajstić information content (AvgIpc) is 1.63. The van der Waals surface area contributed by atoms with E-state index in [-0.39, 0.29) is 16.7 Å². The lowest BCUT2D eigenvalue weighted by Gasteiger charge is -2.26. The molecule has 0 saturated heterocycles. The highest BCUT2D eigenvalue weighted by atomic mass is 32.1. The van der Waals surface area contributed by atoms with Gasteiger partial charge in [-0.25, -0.2) is 0 Å². The van der Waals surface area contributed by atoms with Crippen LogP contribution in [0.5, 0.6) is 0 Å². The van der Waals surface area contributed by atoms with Gasteiger partial charge in [-0.15, -0.1) is 68.0 Å². The summed E-state index contributed by atoms with van der Waals surface area (Å²) >= 11 is 10.9. The van der Waals surface area contributed by atoms with Crippen LogP contribution >= 0.6 is 68.0 Å². The Labute approximate surface area is 638 Å². The van der Waals surface area contributed by atoms with Crippen LogP contribution in [0.3, 0.4) is 0 Å². The summed E-state index contributed by atoms with van der Waals surface area (Å²) in [5.41, 5.74) is 14.9. The number of rotatable bonds is 42. The van der Waals surface area contributed by atoms with Gasteiger partial charge in [-0.05, 0) is 200 Å². The van der Waals surface area contributed by atoms with Gasteiger partial charge in [-0.3, -0.25) is 0 Å². The maximum atomic E-state index is 9.83. The summed E-state index contributed by atoms with van der Waals surface area (Å²) in [5, 5.41) is 59.0. The van der Waals surface area contributed by atoms with Gasteiger partial charge in [0.15, 0.2) is 0 Å². The third-order valence-corrected chi connectivity index (χ3v) is 27.2. The van der Waals surface area contributed by atoms with Crippen molar-refractivity contribution in [2.75, 3.05) is 4.90 Å². The summed E-state index contributed by atoms with van der Waals surface area (Å²) in [7, 11) is 0.